The summed E-state index contributed by atoms with van der Waals surface area (Å²) in [6, 6.07) is 6.17. The highest BCUT2D eigenvalue weighted by atomic mass is 79.9. The van der Waals surface area contributed by atoms with E-state index in [0.717, 1.165) is 8.95 Å². The van der Waals surface area contributed by atoms with Gasteiger partial charge in [0.25, 0.3) is 0 Å². The summed E-state index contributed by atoms with van der Waals surface area (Å²) in [5.74, 6) is 0. The highest BCUT2D eigenvalue weighted by molar-refractivity contribution is 9.13. The number of halogens is 3. The molecule has 0 unspecified atom stereocenters. The Morgan fingerprint density at radius 2 is 1.64 bits per heavy atom. The third kappa shape index (κ3) is 4.11. The average molecular weight is 303 g/mol. The van der Waals surface area contributed by atoms with Crippen LogP contribution in [0.15, 0.2) is 27.1 Å². The molecule has 0 saturated carbocycles. The van der Waals surface area contributed by atoms with Crippen LogP contribution in [-0.4, -0.2) is 0 Å². The third-order valence-corrected chi connectivity index (χ3v) is 2.95. The predicted molar refractivity (Wildman–Crippen MR) is 58.8 cm³/mol. The fourth-order valence-electron chi connectivity index (χ4n) is 0.601. The lowest BCUT2D eigenvalue weighted by molar-refractivity contribution is 1.43. The minimum absolute atomic E-state index is 0. The van der Waals surface area contributed by atoms with Gasteiger partial charge in [-0.2, -0.15) is 0 Å². The molecular formula is C7H10Br2ClN. The van der Waals surface area contributed by atoms with Crippen molar-refractivity contribution in [2.24, 2.45) is 0 Å². The van der Waals surface area contributed by atoms with Gasteiger partial charge in [-0.3, -0.25) is 0 Å². The molecule has 0 aromatic heterocycles. The van der Waals surface area contributed by atoms with Crippen LogP contribution in [0.3, 0.4) is 0 Å². The Kier molecular flexibility index (Phi) is 7.63. The molecule has 11 heavy (non-hydrogen) atoms. The van der Waals surface area contributed by atoms with E-state index in [1.54, 1.807) is 0 Å². The largest absolute Gasteiger partial charge is 0.344 e. The van der Waals surface area contributed by atoms with E-state index in [1.807, 2.05) is 6.07 Å². The Balaban J connectivity index is 0. The molecule has 0 spiro atoms. The van der Waals surface area contributed by atoms with Crippen molar-refractivity contribution in [2.75, 3.05) is 0 Å². The zero-order chi connectivity index (χ0) is 6.85. The summed E-state index contributed by atoms with van der Waals surface area (Å²) in [5.41, 5.74) is 1.27. The standard InChI is InChI=1S/C7H6Br2.ClH.H3N/c1-5-2-3-6(8)7(9)4-5;;/h2-4H,1H3;1H;1H3. The molecule has 0 aliphatic rings. The van der Waals surface area contributed by atoms with Gasteiger partial charge in [0, 0.05) is 8.95 Å². The van der Waals surface area contributed by atoms with E-state index in [0.29, 0.717) is 0 Å². The van der Waals surface area contributed by atoms with Crippen LogP contribution in [0.1, 0.15) is 5.56 Å². The lowest BCUT2D eigenvalue weighted by atomic mass is 10.2. The van der Waals surface area contributed by atoms with Gasteiger partial charge in [0.1, 0.15) is 0 Å². The maximum absolute atomic E-state index is 3.40. The molecule has 0 radical (unpaired) electrons. The summed E-state index contributed by atoms with van der Waals surface area (Å²) in [5, 5.41) is 0. The molecule has 0 fully saturated rings. The molecular weight excluding hydrogens is 293 g/mol. The van der Waals surface area contributed by atoms with Gasteiger partial charge in [-0.15, -0.1) is 12.4 Å². The van der Waals surface area contributed by atoms with Gasteiger partial charge in [0.05, 0.1) is 0 Å². The molecule has 0 saturated heterocycles. The summed E-state index contributed by atoms with van der Waals surface area (Å²) in [6.07, 6.45) is 0. The Morgan fingerprint density at radius 3 is 2.00 bits per heavy atom. The van der Waals surface area contributed by atoms with Crippen LogP contribution in [0.5, 0.6) is 0 Å². The molecule has 1 nitrogen and oxygen atoms in total. The van der Waals surface area contributed by atoms with Crippen molar-refractivity contribution in [1.82, 2.24) is 6.15 Å². The average Bonchev–Trinajstić information content (AvgIpc) is 1.80. The first-order chi connectivity index (χ1) is 4.20. The Bertz CT molecular complexity index is 228. The van der Waals surface area contributed by atoms with Crippen molar-refractivity contribution in [3.05, 3.63) is 32.7 Å². The van der Waals surface area contributed by atoms with Crippen molar-refractivity contribution in [3.8, 4) is 0 Å². The Hall–Kier alpha value is 0.430. The van der Waals surface area contributed by atoms with E-state index >= 15 is 0 Å². The van der Waals surface area contributed by atoms with Crippen LogP contribution in [0.4, 0.5) is 0 Å². The number of hydrogen-bond donors (Lipinski definition) is 1. The van der Waals surface area contributed by atoms with Crippen LogP contribution < -0.4 is 6.15 Å². The molecule has 1 aromatic carbocycles. The van der Waals surface area contributed by atoms with Crippen molar-refractivity contribution in [3.63, 3.8) is 0 Å². The SMILES string of the molecule is Cc1ccc(Br)c(Br)c1.Cl.N. The topological polar surface area (TPSA) is 35.0 Å². The number of rotatable bonds is 0. The van der Waals surface area contributed by atoms with E-state index in [-0.39, 0.29) is 18.6 Å². The summed E-state index contributed by atoms with van der Waals surface area (Å²) >= 11 is 6.78. The van der Waals surface area contributed by atoms with E-state index in [2.05, 4.69) is 50.9 Å². The van der Waals surface area contributed by atoms with Gasteiger partial charge in [0.15, 0.2) is 0 Å². The first kappa shape index (κ1) is 14.0. The van der Waals surface area contributed by atoms with Crippen molar-refractivity contribution < 1.29 is 0 Å². The molecule has 0 aliphatic carbocycles. The van der Waals surface area contributed by atoms with Gasteiger partial charge in [-0.1, -0.05) is 6.07 Å². The maximum atomic E-state index is 3.40. The third-order valence-electron chi connectivity index (χ3n) is 1.08. The van der Waals surface area contributed by atoms with Crippen LogP contribution in [0.25, 0.3) is 0 Å². The van der Waals surface area contributed by atoms with Crippen molar-refractivity contribution in [2.45, 2.75) is 6.92 Å². The smallest absolute Gasteiger partial charge is 0.0320 e. The summed E-state index contributed by atoms with van der Waals surface area (Å²) in [7, 11) is 0. The molecule has 0 bridgehead atoms. The van der Waals surface area contributed by atoms with Gasteiger partial charge in [0.2, 0.25) is 0 Å². The van der Waals surface area contributed by atoms with E-state index in [4.69, 9.17) is 0 Å². The molecule has 0 aliphatic heterocycles. The minimum atomic E-state index is 0. The van der Waals surface area contributed by atoms with E-state index < -0.39 is 0 Å². The Labute approximate surface area is 89.8 Å². The zero-order valence-electron chi connectivity index (χ0n) is 6.10. The van der Waals surface area contributed by atoms with Crippen molar-refractivity contribution >= 4 is 44.3 Å². The highest BCUT2D eigenvalue weighted by Gasteiger charge is 1.92. The van der Waals surface area contributed by atoms with Crippen molar-refractivity contribution in [1.29, 1.82) is 0 Å². The molecule has 0 atom stereocenters. The summed E-state index contributed by atoms with van der Waals surface area (Å²) in [6.45, 7) is 2.07. The second kappa shape index (κ2) is 6.00. The minimum Gasteiger partial charge on any atom is -0.344 e. The highest BCUT2D eigenvalue weighted by Crippen LogP contribution is 2.22. The fourth-order valence-corrected chi connectivity index (χ4v) is 1.34. The number of aryl methyl sites for hydroxylation is 1. The summed E-state index contributed by atoms with van der Waals surface area (Å²) < 4.78 is 2.22. The Morgan fingerprint density at radius 1 is 1.09 bits per heavy atom. The molecule has 64 valence electrons. The molecule has 0 heterocycles. The lowest BCUT2D eigenvalue weighted by Crippen LogP contribution is -1.71. The van der Waals surface area contributed by atoms with Gasteiger partial charge in [-0.05, 0) is 56.5 Å². The second-order valence-corrected chi connectivity index (χ2v) is 3.63. The normalized spacial score (nSPS) is 7.91. The molecule has 4 heteroatoms. The first-order valence-electron chi connectivity index (χ1n) is 2.62. The van der Waals surface area contributed by atoms with Gasteiger partial charge >= 0.3 is 0 Å². The van der Waals surface area contributed by atoms with Crippen LogP contribution in [-0.2, 0) is 0 Å². The van der Waals surface area contributed by atoms with Gasteiger partial charge in [-0.25, -0.2) is 0 Å². The second-order valence-electron chi connectivity index (χ2n) is 1.92. The van der Waals surface area contributed by atoms with Crippen LogP contribution >= 0.6 is 44.3 Å². The van der Waals surface area contributed by atoms with E-state index in [1.165, 1.54) is 5.56 Å². The van der Waals surface area contributed by atoms with Crippen LogP contribution in [0, 0.1) is 6.92 Å². The van der Waals surface area contributed by atoms with Gasteiger partial charge < -0.3 is 6.15 Å². The fraction of sp³-hybridized carbons (Fsp3) is 0.143. The molecule has 1 aromatic rings. The van der Waals surface area contributed by atoms with Crippen LogP contribution in [0.2, 0.25) is 0 Å². The first-order valence-corrected chi connectivity index (χ1v) is 4.20. The predicted octanol–water partition coefficient (Wildman–Crippen LogP) is 4.10. The number of benzene rings is 1. The lowest BCUT2D eigenvalue weighted by Gasteiger charge is -1.95. The molecule has 3 N–H and O–H groups in total. The maximum Gasteiger partial charge on any atom is 0.0320 e. The molecule has 1 rings (SSSR count). The molecule has 0 amide bonds. The quantitative estimate of drug-likeness (QED) is 0.769. The number of hydrogen-bond acceptors (Lipinski definition) is 1. The zero-order valence-corrected chi connectivity index (χ0v) is 10.1. The van der Waals surface area contributed by atoms with E-state index in [9.17, 15) is 0 Å². The monoisotopic (exact) mass is 301 g/mol. The summed E-state index contributed by atoms with van der Waals surface area (Å²) in [4.78, 5) is 0.